The summed E-state index contributed by atoms with van der Waals surface area (Å²) >= 11 is 2.44. The second-order valence-electron chi connectivity index (χ2n) is 5.58. The predicted octanol–water partition coefficient (Wildman–Crippen LogP) is 5.07. The number of rotatable bonds is 4. The lowest BCUT2D eigenvalue weighted by Crippen LogP contribution is -2.24. The summed E-state index contributed by atoms with van der Waals surface area (Å²) in [6, 6.07) is 8.79. The zero-order chi connectivity index (χ0) is 13.0. The lowest BCUT2D eigenvalue weighted by atomic mass is 9.88. The molecule has 1 aromatic carbocycles. The third kappa shape index (κ3) is 3.95. The van der Waals surface area contributed by atoms with Crippen molar-refractivity contribution in [3.8, 4) is 0 Å². The highest BCUT2D eigenvalue weighted by molar-refractivity contribution is 14.1. The van der Waals surface area contributed by atoms with Gasteiger partial charge in [-0.1, -0.05) is 72.2 Å². The van der Waals surface area contributed by atoms with Gasteiger partial charge in [0.05, 0.1) is 12.2 Å². The lowest BCUT2D eigenvalue weighted by Gasteiger charge is -2.30. The van der Waals surface area contributed by atoms with Crippen LogP contribution in [-0.4, -0.2) is 10.5 Å². The van der Waals surface area contributed by atoms with E-state index in [-0.39, 0.29) is 6.10 Å². The summed E-state index contributed by atoms with van der Waals surface area (Å²) in [7, 11) is 0. The van der Waals surface area contributed by atoms with E-state index in [9.17, 15) is 0 Å². The predicted molar refractivity (Wildman–Crippen MR) is 85.3 cm³/mol. The van der Waals surface area contributed by atoms with Gasteiger partial charge in [0.2, 0.25) is 0 Å². The fourth-order valence-corrected chi connectivity index (χ4v) is 3.44. The van der Waals surface area contributed by atoms with Gasteiger partial charge in [-0.15, -0.1) is 0 Å². The molecule has 1 nitrogen and oxygen atoms in total. The minimum Gasteiger partial charge on any atom is -0.369 e. The molecule has 0 saturated heterocycles. The molecule has 0 spiro atoms. The largest absolute Gasteiger partial charge is 0.369 e. The van der Waals surface area contributed by atoms with Crippen LogP contribution < -0.4 is 0 Å². The fraction of sp³-hybridized carbons (Fsp3) is 0.625. The van der Waals surface area contributed by atoms with Crippen LogP contribution in [0.4, 0.5) is 0 Å². The Morgan fingerprint density at radius 1 is 1.28 bits per heavy atom. The van der Waals surface area contributed by atoms with E-state index < -0.39 is 0 Å². The summed E-state index contributed by atoms with van der Waals surface area (Å²) in [6.07, 6.45) is 5.91. The van der Waals surface area contributed by atoms with Gasteiger partial charge in [0, 0.05) is 4.43 Å². The topological polar surface area (TPSA) is 9.23 Å². The molecular formula is C16H23IO. The molecule has 0 N–H and O–H groups in total. The molecule has 1 saturated carbocycles. The SMILES string of the molecule is Cc1ccc(C(CI)OC2CCCC(C)C2)cc1. The first-order chi connectivity index (χ1) is 8.69. The maximum atomic E-state index is 6.33. The Hall–Kier alpha value is -0.0900. The molecule has 2 rings (SSSR count). The Balaban J connectivity index is 1.98. The average molecular weight is 358 g/mol. The highest BCUT2D eigenvalue weighted by Crippen LogP contribution is 2.31. The summed E-state index contributed by atoms with van der Waals surface area (Å²) in [6.45, 7) is 4.48. The van der Waals surface area contributed by atoms with E-state index in [0.29, 0.717) is 6.10 Å². The maximum Gasteiger partial charge on any atom is 0.0918 e. The van der Waals surface area contributed by atoms with Gasteiger partial charge in [-0.2, -0.15) is 0 Å². The van der Waals surface area contributed by atoms with E-state index in [1.165, 1.54) is 36.8 Å². The molecule has 0 radical (unpaired) electrons. The van der Waals surface area contributed by atoms with Gasteiger partial charge in [-0.3, -0.25) is 0 Å². The van der Waals surface area contributed by atoms with Crippen LogP contribution in [0.3, 0.4) is 0 Å². The number of alkyl halides is 1. The molecule has 0 aromatic heterocycles. The van der Waals surface area contributed by atoms with E-state index in [4.69, 9.17) is 4.74 Å². The summed E-state index contributed by atoms with van der Waals surface area (Å²) < 4.78 is 7.36. The number of hydrogen-bond acceptors (Lipinski definition) is 1. The van der Waals surface area contributed by atoms with E-state index >= 15 is 0 Å². The van der Waals surface area contributed by atoms with Crippen molar-refractivity contribution in [1.29, 1.82) is 0 Å². The maximum absolute atomic E-state index is 6.33. The van der Waals surface area contributed by atoms with Crippen molar-refractivity contribution in [2.45, 2.75) is 51.7 Å². The second-order valence-corrected chi connectivity index (χ2v) is 6.46. The molecule has 0 amide bonds. The van der Waals surface area contributed by atoms with Crippen molar-refractivity contribution < 1.29 is 4.74 Å². The first kappa shape index (κ1) is 14.3. The summed E-state index contributed by atoms with van der Waals surface area (Å²) in [5.41, 5.74) is 2.64. The molecule has 18 heavy (non-hydrogen) atoms. The van der Waals surface area contributed by atoms with Crippen LogP contribution in [0.1, 0.15) is 49.8 Å². The third-order valence-corrected chi connectivity index (χ3v) is 4.63. The zero-order valence-electron chi connectivity index (χ0n) is 11.4. The third-order valence-electron chi connectivity index (χ3n) is 3.83. The highest BCUT2D eigenvalue weighted by Gasteiger charge is 2.23. The fourth-order valence-electron chi connectivity index (χ4n) is 2.72. The van der Waals surface area contributed by atoms with E-state index in [1.807, 2.05) is 0 Å². The summed E-state index contributed by atoms with van der Waals surface area (Å²) in [5, 5.41) is 0. The van der Waals surface area contributed by atoms with Crippen LogP contribution in [0.5, 0.6) is 0 Å². The molecule has 2 heteroatoms. The first-order valence-electron chi connectivity index (χ1n) is 6.97. The Bertz CT molecular complexity index is 360. The average Bonchev–Trinajstić information content (AvgIpc) is 2.37. The molecule has 1 aliphatic rings. The van der Waals surface area contributed by atoms with Crippen molar-refractivity contribution in [1.82, 2.24) is 0 Å². The number of benzene rings is 1. The van der Waals surface area contributed by atoms with E-state index in [0.717, 1.165) is 10.3 Å². The van der Waals surface area contributed by atoms with Crippen LogP contribution in [0.2, 0.25) is 0 Å². The molecule has 0 heterocycles. The minimum atomic E-state index is 0.265. The molecule has 0 bridgehead atoms. The van der Waals surface area contributed by atoms with E-state index in [1.54, 1.807) is 0 Å². The quantitative estimate of drug-likeness (QED) is 0.540. The van der Waals surface area contributed by atoms with Gasteiger partial charge in [0.25, 0.3) is 0 Å². The Labute approximate surface area is 124 Å². The lowest BCUT2D eigenvalue weighted by molar-refractivity contribution is -0.0283. The first-order valence-corrected chi connectivity index (χ1v) is 8.49. The van der Waals surface area contributed by atoms with Crippen LogP contribution >= 0.6 is 22.6 Å². The number of hydrogen-bond donors (Lipinski definition) is 0. The molecule has 3 atom stereocenters. The Morgan fingerprint density at radius 2 is 2.00 bits per heavy atom. The van der Waals surface area contributed by atoms with Crippen molar-refractivity contribution in [3.05, 3.63) is 35.4 Å². The van der Waals surface area contributed by atoms with Crippen LogP contribution in [-0.2, 0) is 4.74 Å². The molecule has 0 aliphatic heterocycles. The van der Waals surface area contributed by atoms with Gasteiger partial charge in [-0.05, 0) is 31.2 Å². The van der Waals surface area contributed by atoms with Gasteiger partial charge in [0.1, 0.15) is 0 Å². The molecule has 3 unspecified atom stereocenters. The van der Waals surface area contributed by atoms with Crippen LogP contribution in [0.25, 0.3) is 0 Å². The van der Waals surface area contributed by atoms with Crippen molar-refractivity contribution in [3.63, 3.8) is 0 Å². The monoisotopic (exact) mass is 358 g/mol. The molecule has 100 valence electrons. The van der Waals surface area contributed by atoms with Gasteiger partial charge >= 0.3 is 0 Å². The summed E-state index contributed by atoms with van der Waals surface area (Å²) in [4.78, 5) is 0. The van der Waals surface area contributed by atoms with E-state index in [2.05, 4.69) is 60.7 Å². The second kappa shape index (κ2) is 6.90. The van der Waals surface area contributed by atoms with Crippen LogP contribution in [0.15, 0.2) is 24.3 Å². The van der Waals surface area contributed by atoms with Gasteiger partial charge in [0.15, 0.2) is 0 Å². The smallest absolute Gasteiger partial charge is 0.0918 e. The standard InChI is InChI=1S/C16H23IO/c1-12-6-8-14(9-7-12)16(11-17)18-15-5-3-4-13(2)10-15/h6-9,13,15-16H,3-5,10-11H2,1-2H3. The normalized spacial score (nSPS) is 25.9. The van der Waals surface area contributed by atoms with Crippen molar-refractivity contribution in [2.75, 3.05) is 4.43 Å². The van der Waals surface area contributed by atoms with Crippen LogP contribution in [0, 0.1) is 12.8 Å². The van der Waals surface area contributed by atoms with Gasteiger partial charge < -0.3 is 4.74 Å². The molecular weight excluding hydrogens is 335 g/mol. The van der Waals surface area contributed by atoms with Crippen molar-refractivity contribution >= 4 is 22.6 Å². The Kier molecular flexibility index (Phi) is 5.49. The zero-order valence-corrected chi connectivity index (χ0v) is 13.5. The summed E-state index contributed by atoms with van der Waals surface area (Å²) in [5.74, 6) is 0.830. The molecule has 1 aliphatic carbocycles. The minimum absolute atomic E-state index is 0.265. The number of halogens is 1. The number of aryl methyl sites for hydroxylation is 1. The van der Waals surface area contributed by atoms with Crippen molar-refractivity contribution in [2.24, 2.45) is 5.92 Å². The van der Waals surface area contributed by atoms with Gasteiger partial charge in [-0.25, -0.2) is 0 Å². The highest BCUT2D eigenvalue weighted by atomic mass is 127. The molecule has 1 aromatic rings. The molecule has 1 fully saturated rings. The number of ether oxygens (including phenoxy) is 1. The Morgan fingerprint density at radius 3 is 2.61 bits per heavy atom.